The summed E-state index contributed by atoms with van der Waals surface area (Å²) in [6, 6.07) is 43.5. The molecule has 5 aromatic carbocycles. The van der Waals surface area contributed by atoms with E-state index in [2.05, 4.69) is 147 Å². The first-order valence-electron chi connectivity index (χ1n) is 11.6. The van der Waals surface area contributed by atoms with E-state index in [4.69, 9.17) is 0 Å². The molecule has 0 amide bonds. The average Bonchev–Trinajstić information content (AvgIpc) is 2.84. The maximum atomic E-state index is 2.46. The summed E-state index contributed by atoms with van der Waals surface area (Å²) in [4.78, 5) is 2.46. The smallest absolute Gasteiger partial charge is 0.0495 e. The lowest BCUT2D eigenvalue weighted by atomic mass is 9.95. The highest BCUT2D eigenvalue weighted by molar-refractivity contribution is 5.97. The molecule has 0 radical (unpaired) electrons. The highest BCUT2D eigenvalue weighted by Gasteiger charge is 2.26. The molecule has 0 unspecified atom stereocenters. The first kappa shape index (κ1) is 21.0. The van der Waals surface area contributed by atoms with Crippen LogP contribution in [0.15, 0.2) is 121 Å². The van der Waals surface area contributed by atoms with Gasteiger partial charge in [0.2, 0.25) is 0 Å². The molecule has 0 aliphatic rings. The SMILES string of the molecule is CC(C)(C)N(c1cccc(-c2cccc3ccccc23)c1)c1ccccc1-c1ccccc1. The van der Waals surface area contributed by atoms with Gasteiger partial charge in [-0.1, -0.05) is 103 Å². The molecule has 0 saturated carbocycles. The lowest BCUT2D eigenvalue weighted by Crippen LogP contribution is -2.37. The quantitative estimate of drug-likeness (QED) is 0.276. The van der Waals surface area contributed by atoms with Crippen LogP contribution in [0.25, 0.3) is 33.0 Å². The van der Waals surface area contributed by atoms with Gasteiger partial charge < -0.3 is 4.90 Å². The Labute approximate surface area is 197 Å². The van der Waals surface area contributed by atoms with E-state index in [1.165, 1.54) is 44.4 Å². The Balaban J connectivity index is 1.68. The van der Waals surface area contributed by atoms with Crippen molar-refractivity contribution in [2.24, 2.45) is 0 Å². The first-order chi connectivity index (χ1) is 16.0. The molecule has 1 heteroatoms. The van der Waals surface area contributed by atoms with Gasteiger partial charge in [0, 0.05) is 22.5 Å². The molecule has 0 aromatic heterocycles. The van der Waals surface area contributed by atoms with Crippen LogP contribution in [0.5, 0.6) is 0 Å². The summed E-state index contributed by atoms with van der Waals surface area (Å²) in [5.74, 6) is 0. The van der Waals surface area contributed by atoms with E-state index in [9.17, 15) is 0 Å². The van der Waals surface area contributed by atoms with Gasteiger partial charge in [-0.3, -0.25) is 0 Å². The second-order valence-corrected chi connectivity index (χ2v) is 9.47. The first-order valence-corrected chi connectivity index (χ1v) is 11.6. The normalized spacial score (nSPS) is 11.5. The third-order valence-electron chi connectivity index (χ3n) is 6.11. The molecule has 0 atom stereocenters. The zero-order valence-corrected chi connectivity index (χ0v) is 19.5. The van der Waals surface area contributed by atoms with Gasteiger partial charge in [0.25, 0.3) is 0 Å². The molecule has 162 valence electrons. The van der Waals surface area contributed by atoms with E-state index in [-0.39, 0.29) is 5.54 Å². The fourth-order valence-electron chi connectivity index (χ4n) is 4.71. The van der Waals surface area contributed by atoms with Crippen LogP contribution in [0.1, 0.15) is 20.8 Å². The van der Waals surface area contributed by atoms with Crippen LogP contribution >= 0.6 is 0 Å². The van der Waals surface area contributed by atoms with Crippen molar-refractivity contribution in [2.45, 2.75) is 26.3 Å². The van der Waals surface area contributed by atoms with Gasteiger partial charge in [0.15, 0.2) is 0 Å². The number of nitrogens with zero attached hydrogens (tertiary/aromatic N) is 1. The topological polar surface area (TPSA) is 3.24 Å². The second kappa shape index (κ2) is 8.60. The van der Waals surface area contributed by atoms with Crippen molar-refractivity contribution in [1.82, 2.24) is 0 Å². The van der Waals surface area contributed by atoms with Crippen molar-refractivity contribution in [2.75, 3.05) is 4.90 Å². The molecule has 0 heterocycles. The summed E-state index contributed by atoms with van der Waals surface area (Å²) in [7, 11) is 0. The Hall–Kier alpha value is -3.84. The molecule has 0 aliphatic heterocycles. The van der Waals surface area contributed by atoms with Crippen LogP contribution < -0.4 is 4.90 Å². The fourth-order valence-corrected chi connectivity index (χ4v) is 4.71. The van der Waals surface area contributed by atoms with Crippen molar-refractivity contribution >= 4 is 22.1 Å². The van der Waals surface area contributed by atoms with E-state index in [0.717, 1.165) is 0 Å². The second-order valence-electron chi connectivity index (χ2n) is 9.47. The minimum atomic E-state index is -0.109. The molecule has 0 saturated heterocycles. The predicted octanol–water partition coefficient (Wildman–Crippen LogP) is 9.11. The van der Waals surface area contributed by atoms with E-state index >= 15 is 0 Å². The van der Waals surface area contributed by atoms with Crippen molar-refractivity contribution in [3.8, 4) is 22.3 Å². The number of rotatable bonds is 4. The summed E-state index contributed by atoms with van der Waals surface area (Å²) < 4.78 is 0. The molecular weight excluding hydrogens is 398 g/mol. The molecule has 0 spiro atoms. The summed E-state index contributed by atoms with van der Waals surface area (Å²) in [6.07, 6.45) is 0. The van der Waals surface area contributed by atoms with E-state index in [0.29, 0.717) is 0 Å². The summed E-state index contributed by atoms with van der Waals surface area (Å²) >= 11 is 0. The van der Waals surface area contributed by atoms with Crippen LogP contribution in [-0.4, -0.2) is 5.54 Å². The lowest BCUT2D eigenvalue weighted by molar-refractivity contribution is 0.561. The molecule has 0 aliphatic carbocycles. The standard InChI is InChI=1S/C32H29N/c1-32(2,3)33(31-22-10-9-20-30(31)25-13-5-4-6-14-25)27-18-11-17-26(23-27)29-21-12-16-24-15-7-8-19-28(24)29/h4-23H,1-3H3. The third kappa shape index (κ3) is 4.15. The Morgan fingerprint density at radius 2 is 1.12 bits per heavy atom. The molecular formula is C32H29N. The van der Waals surface area contributed by atoms with Crippen molar-refractivity contribution in [1.29, 1.82) is 0 Å². The number of hydrogen-bond acceptors (Lipinski definition) is 1. The van der Waals surface area contributed by atoms with Gasteiger partial charge in [0.1, 0.15) is 0 Å². The van der Waals surface area contributed by atoms with Gasteiger partial charge in [-0.25, -0.2) is 0 Å². The Morgan fingerprint density at radius 3 is 1.94 bits per heavy atom. The third-order valence-corrected chi connectivity index (χ3v) is 6.11. The maximum Gasteiger partial charge on any atom is 0.0495 e. The van der Waals surface area contributed by atoms with E-state index < -0.39 is 0 Å². The average molecular weight is 428 g/mol. The van der Waals surface area contributed by atoms with E-state index in [1.54, 1.807) is 0 Å². The highest BCUT2D eigenvalue weighted by Crippen LogP contribution is 2.41. The largest absolute Gasteiger partial charge is 0.336 e. The molecule has 1 nitrogen and oxygen atoms in total. The van der Waals surface area contributed by atoms with Crippen LogP contribution in [0, 0.1) is 0 Å². The highest BCUT2D eigenvalue weighted by atomic mass is 15.2. The fraction of sp³-hybridized carbons (Fsp3) is 0.125. The number of fused-ring (bicyclic) bond motifs is 1. The molecule has 5 aromatic rings. The van der Waals surface area contributed by atoms with Gasteiger partial charge in [-0.2, -0.15) is 0 Å². The van der Waals surface area contributed by atoms with Gasteiger partial charge in [-0.15, -0.1) is 0 Å². The summed E-state index contributed by atoms with van der Waals surface area (Å²) in [5, 5.41) is 2.55. The summed E-state index contributed by atoms with van der Waals surface area (Å²) in [6.45, 7) is 6.83. The number of anilines is 2. The van der Waals surface area contributed by atoms with Crippen LogP contribution in [0.2, 0.25) is 0 Å². The van der Waals surface area contributed by atoms with Gasteiger partial charge >= 0.3 is 0 Å². The Bertz CT molecular complexity index is 1390. The Morgan fingerprint density at radius 1 is 0.515 bits per heavy atom. The van der Waals surface area contributed by atoms with Crippen molar-refractivity contribution in [3.63, 3.8) is 0 Å². The molecule has 0 fully saturated rings. The zero-order chi connectivity index (χ0) is 22.8. The van der Waals surface area contributed by atoms with Crippen molar-refractivity contribution < 1.29 is 0 Å². The lowest BCUT2D eigenvalue weighted by Gasteiger charge is -2.39. The minimum Gasteiger partial charge on any atom is -0.336 e. The minimum absolute atomic E-state index is 0.109. The van der Waals surface area contributed by atoms with E-state index in [1.807, 2.05) is 0 Å². The monoisotopic (exact) mass is 427 g/mol. The Kier molecular flexibility index (Phi) is 5.48. The number of hydrogen-bond donors (Lipinski definition) is 0. The molecule has 0 bridgehead atoms. The number of benzene rings is 5. The van der Waals surface area contributed by atoms with Gasteiger partial charge in [0.05, 0.1) is 0 Å². The molecule has 33 heavy (non-hydrogen) atoms. The van der Waals surface area contributed by atoms with Crippen LogP contribution in [0.4, 0.5) is 11.4 Å². The maximum absolute atomic E-state index is 2.46. The summed E-state index contributed by atoms with van der Waals surface area (Å²) in [5.41, 5.74) is 7.26. The predicted molar refractivity (Wildman–Crippen MR) is 143 cm³/mol. The van der Waals surface area contributed by atoms with Gasteiger partial charge in [-0.05, 0) is 66.4 Å². The molecule has 5 rings (SSSR count). The van der Waals surface area contributed by atoms with Crippen molar-refractivity contribution in [3.05, 3.63) is 121 Å². The van der Waals surface area contributed by atoms with Crippen LogP contribution in [-0.2, 0) is 0 Å². The number of para-hydroxylation sites is 1. The zero-order valence-electron chi connectivity index (χ0n) is 19.5. The molecule has 0 N–H and O–H groups in total. The van der Waals surface area contributed by atoms with Crippen LogP contribution in [0.3, 0.4) is 0 Å².